The molecule has 1 N–H and O–H groups in total. The lowest BCUT2D eigenvalue weighted by molar-refractivity contribution is 0.0691. The topological polar surface area (TPSA) is 80.9 Å². The lowest BCUT2D eigenvalue weighted by Gasteiger charge is -2.05. The minimum Gasteiger partial charge on any atom is -0.476 e. The highest BCUT2D eigenvalue weighted by Gasteiger charge is 2.23. The van der Waals surface area contributed by atoms with Gasteiger partial charge in [0.05, 0.1) is 5.69 Å². The molecule has 6 nitrogen and oxygen atoms in total. The molecule has 0 aliphatic rings. The standard InChI is InChI=1S/C15H14N4O2S/c1-8-5-4-6-11(7-8)13-12(14(20)21)17-18-19(13)15-16-9(2)10(3)22-15/h4-7H,1-3H3,(H,20,21). The van der Waals surface area contributed by atoms with Gasteiger partial charge in [-0.1, -0.05) is 40.3 Å². The van der Waals surface area contributed by atoms with Gasteiger partial charge in [0, 0.05) is 10.4 Å². The molecule has 0 radical (unpaired) electrons. The quantitative estimate of drug-likeness (QED) is 0.803. The first kappa shape index (κ1) is 14.4. The van der Waals surface area contributed by atoms with Gasteiger partial charge in [-0.05, 0) is 26.8 Å². The average molecular weight is 314 g/mol. The first-order chi connectivity index (χ1) is 10.5. The number of carboxylic acids is 1. The van der Waals surface area contributed by atoms with Crippen LogP contribution in [-0.2, 0) is 0 Å². The molecule has 0 saturated carbocycles. The van der Waals surface area contributed by atoms with Crippen LogP contribution in [0.5, 0.6) is 0 Å². The Morgan fingerprint density at radius 2 is 2.05 bits per heavy atom. The first-order valence-electron chi connectivity index (χ1n) is 6.68. The van der Waals surface area contributed by atoms with Crippen molar-refractivity contribution in [1.82, 2.24) is 20.0 Å². The number of hydrogen-bond acceptors (Lipinski definition) is 5. The van der Waals surface area contributed by atoms with Crippen LogP contribution in [-0.4, -0.2) is 31.1 Å². The summed E-state index contributed by atoms with van der Waals surface area (Å²) in [6.45, 7) is 5.84. The predicted molar refractivity (Wildman–Crippen MR) is 83.6 cm³/mol. The fourth-order valence-corrected chi connectivity index (χ4v) is 3.02. The van der Waals surface area contributed by atoms with Gasteiger partial charge in [-0.2, -0.15) is 4.68 Å². The number of benzene rings is 1. The minimum atomic E-state index is -1.10. The highest BCUT2D eigenvalue weighted by atomic mass is 32.1. The molecule has 7 heteroatoms. The van der Waals surface area contributed by atoms with Crippen LogP contribution in [0.4, 0.5) is 0 Å². The van der Waals surface area contributed by atoms with Crippen molar-refractivity contribution in [2.24, 2.45) is 0 Å². The summed E-state index contributed by atoms with van der Waals surface area (Å²) in [6.07, 6.45) is 0. The Hall–Kier alpha value is -2.54. The van der Waals surface area contributed by atoms with E-state index in [-0.39, 0.29) is 5.69 Å². The van der Waals surface area contributed by atoms with E-state index in [1.807, 2.05) is 45.0 Å². The predicted octanol–water partition coefficient (Wildman–Crippen LogP) is 3.01. The summed E-state index contributed by atoms with van der Waals surface area (Å²) in [5.41, 5.74) is 3.07. The van der Waals surface area contributed by atoms with Crippen LogP contribution in [0.3, 0.4) is 0 Å². The molecule has 112 valence electrons. The lowest BCUT2D eigenvalue weighted by Crippen LogP contribution is -2.03. The molecule has 3 aromatic rings. The van der Waals surface area contributed by atoms with Gasteiger partial charge in [0.15, 0.2) is 5.69 Å². The summed E-state index contributed by atoms with van der Waals surface area (Å²) in [5.74, 6) is -1.10. The molecular formula is C15H14N4O2S. The maximum Gasteiger partial charge on any atom is 0.358 e. The SMILES string of the molecule is Cc1cccc(-c2c(C(=O)O)nnn2-c2nc(C)c(C)s2)c1. The number of nitrogens with zero attached hydrogens (tertiary/aromatic N) is 4. The fourth-order valence-electron chi connectivity index (χ4n) is 2.16. The number of thiazole rings is 1. The smallest absolute Gasteiger partial charge is 0.358 e. The molecule has 0 aliphatic heterocycles. The molecule has 22 heavy (non-hydrogen) atoms. The molecule has 0 fully saturated rings. The number of carboxylic acid groups (broad SMARTS) is 1. The molecule has 0 aliphatic carbocycles. The molecule has 1 aromatic carbocycles. The molecule has 3 rings (SSSR count). The van der Waals surface area contributed by atoms with E-state index in [2.05, 4.69) is 15.3 Å². The Morgan fingerprint density at radius 3 is 2.64 bits per heavy atom. The number of rotatable bonds is 3. The maximum absolute atomic E-state index is 11.5. The average Bonchev–Trinajstić information content (AvgIpc) is 3.03. The third kappa shape index (κ3) is 2.39. The third-order valence-electron chi connectivity index (χ3n) is 3.36. The van der Waals surface area contributed by atoms with Gasteiger partial charge in [-0.15, -0.1) is 5.10 Å². The van der Waals surface area contributed by atoms with E-state index < -0.39 is 5.97 Å². The molecule has 0 atom stereocenters. The van der Waals surface area contributed by atoms with Crippen LogP contribution in [0.1, 0.15) is 26.6 Å². The van der Waals surface area contributed by atoms with E-state index in [0.717, 1.165) is 21.7 Å². The van der Waals surface area contributed by atoms with Gasteiger partial charge in [0.25, 0.3) is 0 Å². The molecule has 2 aromatic heterocycles. The highest BCUT2D eigenvalue weighted by Crippen LogP contribution is 2.28. The summed E-state index contributed by atoms with van der Waals surface area (Å²) in [6, 6.07) is 7.60. The summed E-state index contributed by atoms with van der Waals surface area (Å²) < 4.78 is 1.50. The van der Waals surface area contributed by atoms with E-state index in [1.165, 1.54) is 16.0 Å². The molecular weight excluding hydrogens is 300 g/mol. The van der Waals surface area contributed by atoms with E-state index in [0.29, 0.717) is 10.8 Å². The number of aromatic carboxylic acids is 1. The van der Waals surface area contributed by atoms with Crippen LogP contribution in [0.2, 0.25) is 0 Å². The van der Waals surface area contributed by atoms with Gasteiger partial charge in [-0.3, -0.25) is 0 Å². The molecule has 0 spiro atoms. The summed E-state index contributed by atoms with van der Waals surface area (Å²) in [4.78, 5) is 17.0. The summed E-state index contributed by atoms with van der Waals surface area (Å²) in [5, 5.41) is 17.8. The van der Waals surface area contributed by atoms with Crippen molar-refractivity contribution in [2.45, 2.75) is 20.8 Å². The van der Waals surface area contributed by atoms with Crippen molar-refractivity contribution in [3.63, 3.8) is 0 Å². The van der Waals surface area contributed by atoms with Crippen molar-refractivity contribution in [3.05, 3.63) is 46.1 Å². The van der Waals surface area contributed by atoms with Crippen LogP contribution < -0.4 is 0 Å². The zero-order valence-corrected chi connectivity index (χ0v) is 13.2. The van der Waals surface area contributed by atoms with E-state index >= 15 is 0 Å². The summed E-state index contributed by atoms with van der Waals surface area (Å²) >= 11 is 1.46. The molecule has 0 bridgehead atoms. The zero-order chi connectivity index (χ0) is 15.9. The van der Waals surface area contributed by atoms with Crippen LogP contribution >= 0.6 is 11.3 Å². The number of hydrogen-bond donors (Lipinski definition) is 1. The highest BCUT2D eigenvalue weighted by molar-refractivity contribution is 7.14. The third-order valence-corrected chi connectivity index (χ3v) is 4.41. The van der Waals surface area contributed by atoms with E-state index in [1.54, 1.807) is 0 Å². The summed E-state index contributed by atoms with van der Waals surface area (Å²) in [7, 11) is 0. The Morgan fingerprint density at radius 1 is 1.27 bits per heavy atom. The lowest BCUT2D eigenvalue weighted by atomic mass is 10.1. The van der Waals surface area contributed by atoms with E-state index in [9.17, 15) is 9.90 Å². The van der Waals surface area contributed by atoms with Crippen LogP contribution in [0, 0.1) is 20.8 Å². The zero-order valence-electron chi connectivity index (χ0n) is 12.4. The van der Waals surface area contributed by atoms with E-state index in [4.69, 9.17) is 0 Å². The van der Waals surface area contributed by atoms with Gasteiger partial charge >= 0.3 is 5.97 Å². The number of aryl methyl sites for hydroxylation is 3. The normalized spacial score (nSPS) is 10.9. The maximum atomic E-state index is 11.5. The monoisotopic (exact) mass is 314 g/mol. The Labute approximate surface area is 131 Å². The van der Waals surface area contributed by atoms with Gasteiger partial charge in [0.1, 0.15) is 5.69 Å². The Kier molecular flexibility index (Phi) is 3.50. The molecule has 0 amide bonds. The van der Waals surface area contributed by atoms with Crippen molar-refractivity contribution in [2.75, 3.05) is 0 Å². The van der Waals surface area contributed by atoms with Crippen LogP contribution in [0.15, 0.2) is 24.3 Å². The second-order valence-electron chi connectivity index (χ2n) is 5.01. The second kappa shape index (κ2) is 5.34. The van der Waals surface area contributed by atoms with Gasteiger partial charge in [0.2, 0.25) is 5.13 Å². The Bertz CT molecular complexity index is 847. The number of aromatic nitrogens is 4. The largest absolute Gasteiger partial charge is 0.476 e. The molecule has 2 heterocycles. The second-order valence-corrected chi connectivity index (χ2v) is 6.19. The number of carbonyl (C=O) groups is 1. The minimum absolute atomic E-state index is 0.0730. The van der Waals surface area contributed by atoms with Crippen molar-refractivity contribution in [1.29, 1.82) is 0 Å². The first-order valence-corrected chi connectivity index (χ1v) is 7.49. The van der Waals surface area contributed by atoms with Gasteiger partial charge in [-0.25, -0.2) is 9.78 Å². The van der Waals surface area contributed by atoms with Crippen molar-refractivity contribution < 1.29 is 9.90 Å². The van der Waals surface area contributed by atoms with Crippen molar-refractivity contribution in [3.8, 4) is 16.4 Å². The Balaban J connectivity index is 2.26. The fraction of sp³-hybridized carbons (Fsp3) is 0.200. The van der Waals surface area contributed by atoms with Crippen molar-refractivity contribution >= 4 is 17.3 Å². The molecule has 0 saturated heterocycles. The van der Waals surface area contributed by atoms with Gasteiger partial charge < -0.3 is 5.11 Å². The molecule has 0 unspecified atom stereocenters. The van der Waals surface area contributed by atoms with Crippen LogP contribution in [0.25, 0.3) is 16.4 Å².